The van der Waals surface area contributed by atoms with E-state index >= 15 is 0 Å². The second kappa shape index (κ2) is 6.10. The summed E-state index contributed by atoms with van der Waals surface area (Å²) in [6.07, 6.45) is 0. The topological polar surface area (TPSA) is 61.4 Å². The first kappa shape index (κ1) is 13.9. The monoisotopic (exact) mass is 270 g/mol. The summed E-state index contributed by atoms with van der Waals surface area (Å²) >= 11 is 0. The van der Waals surface area contributed by atoms with Crippen molar-refractivity contribution in [3.8, 4) is 5.75 Å². The Morgan fingerprint density at radius 1 is 1.20 bits per heavy atom. The Morgan fingerprint density at radius 2 is 1.95 bits per heavy atom. The molecule has 0 fully saturated rings. The average molecular weight is 270 g/mol. The third kappa shape index (κ3) is 3.51. The molecule has 4 nitrogen and oxygen atoms in total. The van der Waals surface area contributed by atoms with Gasteiger partial charge < -0.3 is 15.7 Å². The van der Waals surface area contributed by atoms with E-state index in [1.807, 2.05) is 37.3 Å². The summed E-state index contributed by atoms with van der Waals surface area (Å²) in [6, 6.07) is 12.9. The van der Waals surface area contributed by atoms with Crippen molar-refractivity contribution < 1.29 is 9.90 Å². The van der Waals surface area contributed by atoms with E-state index in [4.69, 9.17) is 0 Å². The molecule has 0 radical (unpaired) electrons. The van der Waals surface area contributed by atoms with Crippen LogP contribution in [0.3, 0.4) is 0 Å². The van der Waals surface area contributed by atoms with E-state index in [2.05, 4.69) is 10.6 Å². The molecule has 0 aliphatic rings. The molecule has 1 amide bonds. The minimum absolute atomic E-state index is 0.0968. The van der Waals surface area contributed by atoms with Crippen LogP contribution in [0.25, 0.3) is 0 Å². The van der Waals surface area contributed by atoms with Gasteiger partial charge >= 0.3 is 0 Å². The van der Waals surface area contributed by atoms with Crippen molar-refractivity contribution in [2.45, 2.75) is 20.4 Å². The summed E-state index contributed by atoms with van der Waals surface area (Å²) in [5, 5.41) is 15.8. The van der Waals surface area contributed by atoms with Crippen molar-refractivity contribution in [2.24, 2.45) is 0 Å². The molecule has 104 valence electrons. The molecule has 0 bridgehead atoms. The molecule has 0 saturated heterocycles. The zero-order chi connectivity index (χ0) is 14.5. The van der Waals surface area contributed by atoms with E-state index in [0.29, 0.717) is 6.54 Å². The molecule has 0 aromatic heterocycles. The van der Waals surface area contributed by atoms with Crippen LogP contribution in [-0.4, -0.2) is 11.0 Å². The minimum Gasteiger partial charge on any atom is -0.508 e. The van der Waals surface area contributed by atoms with Crippen LogP contribution < -0.4 is 10.6 Å². The molecular formula is C16H18N2O2. The van der Waals surface area contributed by atoms with Crippen molar-refractivity contribution in [1.82, 2.24) is 0 Å². The molecule has 3 N–H and O–H groups in total. The van der Waals surface area contributed by atoms with Gasteiger partial charge in [-0.3, -0.25) is 4.79 Å². The second-order valence-electron chi connectivity index (χ2n) is 4.69. The molecule has 2 aromatic carbocycles. The van der Waals surface area contributed by atoms with E-state index in [1.54, 1.807) is 12.1 Å². The highest BCUT2D eigenvalue weighted by atomic mass is 16.3. The number of phenols is 1. The fraction of sp³-hybridized carbons (Fsp3) is 0.188. The molecule has 0 spiro atoms. The number of anilines is 2. The van der Waals surface area contributed by atoms with Crippen LogP contribution in [-0.2, 0) is 11.3 Å². The van der Waals surface area contributed by atoms with Crippen LogP contribution in [0.5, 0.6) is 5.75 Å². The maximum atomic E-state index is 11.1. The molecule has 0 saturated carbocycles. The molecule has 0 aliphatic heterocycles. The number of hydrogen-bond acceptors (Lipinski definition) is 3. The van der Waals surface area contributed by atoms with Crippen LogP contribution in [0.2, 0.25) is 0 Å². The van der Waals surface area contributed by atoms with Gasteiger partial charge in [-0.1, -0.05) is 24.3 Å². The molecule has 20 heavy (non-hydrogen) atoms. The fourth-order valence-corrected chi connectivity index (χ4v) is 1.94. The molecule has 2 aromatic rings. The Labute approximate surface area is 118 Å². The van der Waals surface area contributed by atoms with Crippen LogP contribution >= 0.6 is 0 Å². The summed E-state index contributed by atoms with van der Waals surface area (Å²) in [5.74, 6) is 0.177. The first-order valence-electron chi connectivity index (χ1n) is 6.45. The number of phenolic OH excluding ortho intramolecular Hbond substituents is 1. The van der Waals surface area contributed by atoms with Gasteiger partial charge in [0.05, 0.1) is 0 Å². The van der Waals surface area contributed by atoms with Gasteiger partial charge in [-0.2, -0.15) is 0 Å². The highest BCUT2D eigenvalue weighted by molar-refractivity contribution is 5.89. The van der Waals surface area contributed by atoms with Crippen molar-refractivity contribution in [3.63, 3.8) is 0 Å². The zero-order valence-corrected chi connectivity index (χ0v) is 11.6. The highest BCUT2D eigenvalue weighted by Gasteiger charge is 2.04. The summed E-state index contributed by atoms with van der Waals surface area (Å²) < 4.78 is 0. The number of carbonyl (C=O) groups excluding carboxylic acids is 1. The van der Waals surface area contributed by atoms with Gasteiger partial charge in [0, 0.05) is 30.4 Å². The Balaban J connectivity index is 2.12. The molecule has 0 heterocycles. The van der Waals surface area contributed by atoms with E-state index in [9.17, 15) is 9.90 Å². The summed E-state index contributed by atoms with van der Waals surface area (Å²) in [5.41, 5.74) is 3.59. The Kier molecular flexibility index (Phi) is 4.25. The second-order valence-corrected chi connectivity index (χ2v) is 4.69. The van der Waals surface area contributed by atoms with Crippen molar-refractivity contribution >= 4 is 17.3 Å². The van der Waals surface area contributed by atoms with Crippen LogP contribution in [0.1, 0.15) is 18.1 Å². The molecule has 4 heteroatoms. The van der Waals surface area contributed by atoms with Gasteiger partial charge in [-0.05, 0) is 30.7 Å². The number of rotatable bonds is 4. The van der Waals surface area contributed by atoms with Crippen molar-refractivity contribution in [1.29, 1.82) is 0 Å². The van der Waals surface area contributed by atoms with Crippen LogP contribution in [0, 0.1) is 6.92 Å². The summed E-state index contributed by atoms with van der Waals surface area (Å²) in [6.45, 7) is 4.00. The molecular weight excluding hydrogens is 252 g/mol. The lowest BCUT2D eigenvalue weighted by Gasteiger charge is -2.12. The van der Waals surface area contributed by atoms with Crippen molar-refractivity contribution in [2.75, 3.05) is 10.6 Å². The first-order chi connectivity index (χ1) is 9.56. The number of aryl methyl sites for hydroxylation is 1. The number of para-hydroxylation sites is 1. The average Bonchev–Trinajstić information content (AvgIpc) is 2.40. The first-order valence-corrected chi connectivity index (χ1v) is 6.45. The Hall–Kier alpha value is -2.49. The normalized spacial score (nSPS) is 10.1. The van der Waals surface area contributed by atoms with Gasteiger partial charge in [0.2, 0.25) is 5.91 Å². The molecule has 0 atom stereocenters. The van der Waals surface area contributed by atoms with E-state index in [0.717, 1.165) is 22.5 Å². The predicted octanol–water partition coefficient (Wildman–Crippen LogP) is 3.27. The zero-order valence-electron chi connectivity index (χ0n) is 11.6. The quantitative estimate of drug-likeness (QED) is 0.799. The number of hydrogen-bond donors (Lipinski definition) is 3. The van der Waals surface area contributed by atoms with Crippen LogP contribution in [0.4, 0.5) is 11.4 Å². The van der Waals surface area contributed by atoms with E-state index in [-0.39, 0.29) is 11.7 Å². The SMILES string of the molecule is CC(=O)Nc1ccc(C)c(NCc2ccccc2O)c1. The minimum atomic E-state index is -0.0968. The maximum absolute atomic E-state index is 11.1. The van der Waals surface area contributed by atoms with Gasteiger partial charge in [0.25, 0.3) is 0 Å². The lowest BCUT2D eigenvalue weighted by atomic mass is 10.1. The fourth-order valence-electron chi connectivity index (χ4n) is 1.94. The standard InChI is InChI=1S/C16H18N2O2/c1-11-7-8-14(18-12(2)19)9-15(11)17-10-13-5-3-4-6-16(13)20/h3-9,17,20H,10H2,1-2H3,(H,18,19). The largest absolute Gasteiger partial charge is 0.508 e. The van der Waals surface area contributed by atoms with Crippen molar-refractivity contribution in [3.05, 3.63) is 53.6 Å². The summed E-state index contributed by atoms with van der Waals surface area (Å²) in [4.78, 5) is 11.1. The number of aromatic hydroxyl groups is 1. The lowest BCUT2D eigenvalue weighted by Crippen LogP contribution is -2.07. The number of carbonyl (C=O) groups is 1. The van der Waals surface area contributed by atoms with Gasteiger partial charge in [-0.25, -0.2) is 0 Å². The third-order valence-electron chi connectivity index (χ3n) is 3.02. The maximum Gasteiger partial charge on any atom is 0.221 e. The summed E-state index contributed by atoms with van der Waals surface area (Å²) in [7, 11) is 0. The molecule has 0 unspecified atom stereocenters. The number of benzene rings is 2. The van der Waals surface area contributed by atoms with E-state index < -0.39 is 0 Å². The van der Waals surface area contributed by atoms with Crippen LogP contribution in [0.15, 0.2) is 42.5 Å². The molecule has 0 aliphatic carbocycles. The van der Waals surface area contributed by atoms with Gasteiger partial charge in [-0.15, -0.1) is 0 Å². The molecule has 2 rings (SSSR count). The Bertz CT molecular complexity index is 624. The Morgan fingerprint density at radius 3 is 2.65 bits per heavy atom. The smallest absolute Gasteiger partial charge is 0.221 e. The predicted molar refractivity (Wildman–Crippen MR) is 80.9 cm³/mol. The third-order valence-corrected chi connectivity index (χ3v) is 3.02. The highest BCUT2D eigenvalue weighted by Crippen LogP contribution is 2.23. The lowest BCUT2D eigenvalue weighted by molar-refractivity contribution is -0.114. The number of nitrogens with one attached hydrogen (secondary N) is 2. The number of amides is 1. The van der Waals surface area contributed by atoms with Gasteiger partial charge in [0.1, 0.15) is 5.75 Å². The van der Waals surface area contributed by atoms with E-state index in [1.165, 1.54) is 6.92 Å². The van der Waals surface area contributed by atoms with Gasteiger partial charge in [0.15, 0.2) is 0 Å².